The van der Waals surface area contributed by atoms with Gasteiger partial charge in [0.15, 0.2) is 5.82 Å². The molecule has 0 bridgehead atoms. The average Bonchev–Trinajstić information content (AvgIpc) is 3.44. The lowest BCUT2D eigenvalue weighted by Gasteiger charge is -2.52. The van der Waals surface area contributed by atoms with Crippen molar-refractivity contribution in [1.29, 1.82) is 0 Å². The lowest BCUT2D eigenvalue weighted by Crippen LogP contribution is -2.72. The first-order chi connectivity index (χ1) is 15.2. The molecule has 0 aliphatic carbocycles. The number of nitrogens with zero attached hydrogens (tertiary/aromatic N) is 5. The summed E-state index contributed by atoms with van der Waals surface area (Å²) in [5, 5.41) is 27.5. The van der Waals surface area contributed by atoms with Gasteiger partial charge in [0.2, 0.25) is 11.8 Å². The summed E-state index contributed by atoms with van der Waals surface area (Å²) in [5.74, 6) is 0.433. The predicted octanol–water partition coefficient (Wildman–Crippen LogP) is 1.70. The normalized spacial score (nSPS) is 30.5. The number of aromatic amines is 1. The molecular weight excluding hydrogens is 430 g/mol. The van der Waals surface area contributed by atoms with Gasteiger partial charge in [-0.1, -0.05) is 26.0 Å². The second-order valence-corrected chi connectivity index (χ2v) is 10.9. The van der Waals surface area contributed by atoms with Crippen LogP contribution in [0.4, 0.5) is 0 Å². The van der Waals surface area contributed by atoms with Crippen molar-refractivity contribution in [3.05, 3.63) is 35.7 Å². The molecule has 4 heterocycles. The number of hydrogen-bond acceptors (Lipinski definition) is 8. The highest BCUT2D eigenvalue weighted by Crippen LogP contribution is 2.59. The number of nitrogens with one attached hydrogen (secondary N) is 2. The third-order valence-corrected chi connectivity index (χ3v) is 8.60. The average molecular weight is 458 g/mol. The Morgan fingerprint density at radius 1 is 1.19 bits per heavy atom. The maximum Gasteiger partial charge on any atom is 0.250 e. The molecule has 170 valence electrons. The zero-order valence-corrected chi connectivity index (χ0v) is 19.3. The molecule has 4 atom stereocenters. The van der Waals surface area contributed by atoms with E-state index in [-0.39, 0.29) is 33.7 Å². The number of phenols is 1. The molecule has 1 aromatic carbocycles. The van der Waals surface area contributed by atoms with E-state index in [0.29, 0.717) is 24.2 Å². The Bertz CT molecular complexity index is 1060. The number of hydrogen-bond donors (Lipinski definition) is 3. The highest BCUT2D eigenvalue weighted by Gasteiger charge is 2.68. The van der Waals surface area contributed by atoms with Crippen LogP contribution in [0.1, 0.15) is 64.0 Å². The summed E-state index contributed by atoms with van der Waals surface area (Å²) >= 11 is 1.67. The van der Waals surface area contributed by atoms with Crippen LogP contribution >= 0.6 is 11.8 Å². The molecule has 5 rings (SSSR count). The number of thioether (sulfide) groups is 1. The van der Waals surface area contributed by atoms with Gasteiger partial charge in [0.1, 0.15) is 29.2 Å². The van der Waals surface area contributed by atoms with E-state index in [1.54, 1.807) is 34.9 Å². The van der Waals surface area contributed by atoms with Crippen molar-refractivity contribution in [3.63, 3.8) is 0 Å². The van der Waals surface area contributed by atoms with Crippen LogP contribution in [-0.4, -0.2) is 69.2 Å². The van der Waals surface area contributed by atoms with Crippen molar-refractivity contribution < 1.29 is 14.7 Å². The van der Waals surface area contributed by atoms with Crippen molar-refractivity contribution in [2.75, 3.05) is 0 Å². The summed E-state index contributed by atoms with van der Waals surface area (Å²) in [6.07, 6.45) is 1.31. The van der Waals surface area contributed by atoms with Gasteiger partial charge in [-0.15, -0.1) is 16.9 Å². The monoisotopic (exact) mass is 457 g/mol. The van der Waals surface area contributed by atoms with E-state index in [2.05, 4.69) is 39.8 Å². The number of amides is 2. The fourth-order valence-corrected chi connectivity index (χ4v) is 7.12. The van der Waals surface area contributed by atoms with Gasteiger partial charge >= 0.3 is 0 Å². The van der Waals surface area contributed by atoms with Crippen LogP contribution in [0.5, 0.6) is 5.75 Å². The summed E-state index contributed by atoms with van der Waals surface area (Å²) in [7, 11) is 0. The van der Waals surface area contributed by atoms with Crippen LogP contribution in [0.15, 0.2) is 24.3 Å². The minimum Gasteiger partial charge on any atom is -0.508 e. The smallest absolute Gasteiger partial charge is 0.250 e. The number of β-lactam (4-membered cyclic amide) rings is 1. The van der Waals surface area contributed by atoms with Gasteiger partial charge < -0.3 is 14.9 Å². The van der Waals surface area contributed by atoms with Gasteiger partial charge in [0.05, 0.1) is 5.66 Å². The molecule has 3 N–H and O–H groups in total. The molecule has 2 amide bonds. The van der Waals surface area contributed by atoms with Gasteiger partial charge in [-0.25, -0.2) is 5.10 Å². The largest absolute Gasteiger partial charge is 0.508 e. The minimum absolute atomic E-state index is 0.0903. The predicted molar refractivity (Wildman–Crippen MR) is 117 cm³/mol. The summed E-state index contributed by atoms with van der Waals surface area (Å²) in [4.78, 5) is 30.9. The SMILES string of the molecule is CCC1(CC)NC(c2cccc(O)c2)C(=O)N1C1C(=O)N2C(c3nnn[nH]3)C(C)(C)S[C@H]12. The molecule has 3 unspecified atom stereocenters. The van der Waals surface area contributed by atoms with Gasteiger partial charge in [-0.3, -0.25) is 14.9 Å². The van der Waals surface area contributed by atoms with Gasteiger partial charge in [0.25, 0.3) is 0 Å². The summed E-state index contributed by atoms with van der Waals surface area (Å²) in [6, 6.07) is 5.26. The van der Waals surface area contributed by atoms with Crippen molar-refractivity contribution >= 4 is 23.6 Å². The number of rotatable bonds is 5. The fourth-order valence-electron chi connectivity index (χ4n) is 5.44. The number of phenolic OH excluding ortho intramolecular Hbond substituents is 1. The molecule has 1 aromatic heterocycles. The molecular formula is C21H27N7O3S. The quantitative estimate of drug-likeness (QED) is 0.579. The standard InChI is InChI=1S/C21H27N7O3S/c1-5-21(6-2)22-13(11-8-7-9-12(29)10-11)17(30)28(21)14-18(31)27-15(16-23-25-26-24-16)20(3,4)32-19(14)27/h7-10,13-15,19,22,29H,5-6H2,1-4H3,(H,23,24,25,26)/t13?,14?,15?,19-/m1/s1. The van der Waals surface area contributed by atoms with E-state index in [1.807, 2.05) is 24.8 Å². The van der Waals surface area contributed by atoms with Gasteiger partial charge in [-0.2, -0.15) is 0 Å². The zero-order chi connectivity index (χ0) is 22.8. The highest BCUT2D eigenvalue weighted by molar-refractivity contribution is 8.01. The van der Waals surface area contributed by atoms with E-state index in [0.717, 1.165) is 0 Å². The number of H-pyrrole nitrogens is 1. The van der Waals surface area contributed by atoms with E-state index in [1.165, 1.54) is 0 Å². The maximum absolute atomic E-state index is 13.8. The Balaban J connectivity index is 1.51. The van der Waals surface area contributed by atoms with Gasteiger partial charge in [-0.05, 0) is 54.8 Å². The second-order valence-electron chi connectivity index (χ2n) is 9.11. The fraction of sp³-hybridized carbons (Fsp3) is 0.571. The van der Waals surface area contributed by atoms with Crippen molar-refractivity contribution in [2.45, 2.75) is 74.4 Å². The van der Waals surface area contributed by atoms with E-state index < -0.39 is 17.7 Å². The highest BCUT2D eigenvalue weighted by atomic mass is 32.2. The molecule has 11 heteroatoms. The van der Waals surface area contributed by atoms with E-state index in [9.17, 15) is 14.7 Å². The molecule has 0 spiro atoms. The Kier molecular flexibility index (Phi) is 4.75. The van der Waals surface area contributed by atoms with Crippen LogP contribution in [0.2, 0.25) is 0 Å². The lowest BCUT2D eigenvalue weighted by atomic mass is 9.92. The molecule has 2 aromatic rings. The molecule has 0 radical (unpaired) electrons. The summed E-state index contributed by atoms with van der Waals surface area (Å²) in [5.41, 5.74) is 0.0494. The minimum atomic E-state index is -0.643. The Labute approximate surface area is 190 Å². The number of benzene rings is 1. The van der Waals surface area contributed by atoms with Crippen molar-refractivity contribution in [1.82, 2.24) is 35.7 Å². The summed E-state index contributed by atoms with van der Waals surface area (Å²) in [6.45, 7) is 8.19. The van der Waals surface area contributed by atoms with Crippen LogP contribution in [0.3, 0.4) is 0 Å². The molecule has 3 aliphatic rings. The molecule has 32 heavy (non-hydrogen) atoms. The Morgan fingerprint density at radius 2 is 1.94 bits per heavy atom. The third-order valence-electron chi connectivity index (χ3n) is 7.04. The number of carbonyl (C=O) groups excluding carboxylic acids is 2. The van der Waals surface area contributed by atoms with Crippen LogP contribution < -0.4 is 5.32 Å². The first kappa shape index (κ1) is 21.2. The topological polar surface area (TPSA) is 127 Å². The molecule has 10 nitrogen and oxygen atoms in total. The van der Waals surface area contributed by atoms with Crippen molar-refractivity contribution in [3.8, 4) is 5.75 Å². The zero-order valence-electron chi connectivity index (χ0n) is 18.4. The van der Waals surface area contributed by atoms with Crippen LogP contribution in [0, 0.1) is 0 Å². The van der Waals surface area contributed by atoms with Crippen LogP contribution in [-0.2, 0) is 9.59 Å². The van der Waals surface area contributed by atoms with Gasteiger partial charge in [0, 0.05) is 4.75 Å². The Hall–Kier alpha value is -2.66. The number of carbonyl (C=O) groups is 2. The first-order valence-corrected chi connectivity index (χ1v) is 11.8. The van der Waals surface area contributed by atoms with Crippen LogP contribution in [0.25, 0.3) is 0 Å². The number of tetrazole rings is 1. The Morgan fingerprint density at radius 3 is 2.56 bits per heavy atom. The van der Waals surface area contributed by atoms with E-state index in [4.69, 9.17) is 0 Å². The molecule has 3 saturated heterocycles. The molecule has 3 aliphatic heterocycles. The third kappa shape index (κ3) is 2.80. The second kappa shape index (κ2) is 7.17. The van der Waals surface area contributed by atoms with Crippen molar-refractivity contribution in [2.24, 2.45) is 0 Å². The maximum atomic E-state index is 13.8. The number of fused-ring (bicyclic) bond motifs is 1. The summed E-state index contributed by atoms with van der Waals surface area (Å²) < 4.78 is -0.321. The first-order valence-electron chi connectivity index (χ1n) is 10.9. The van der Waals surface area contributed by atoms with E-state index >= 15 is 0 Å². The molecule has 3 fully saturated rings. The number of aromatic nitrogens is 4. The molecule has 0 saturated carbocycles. The number of aromatic hydroxyl groups is 1. The lowest BCUT2D eigenvalue weighted by molar-refractivity contribution is -0.167.